The van der Waals surface area contributed by atoms with Crippen LogP contribution in [0.15, 0.2) is 23.0 Å². The summed E-state index contributed by atoms with van der Waals surface area (Å²) in [6.45, 7) is 2.12. The van der Waals surface area contributed by atoms with Crippen LogP contribution in [0.3, 0.4) is 0 Å². The highest BCUT2D eigenvalue weighted by Crippen LogP contribution is 2.19. The molecule has 1 aromatic heterocycles. The van der Waals surface area contributed by atoms with Crippen molar-refractivity contribution < 1.29 is 0 Å². The highest BCUT2D eigenvalue weighted by atomic mass is 32.1. The third-order valence-corrected chi connectivity index (χ3v) is 2.96. The molecular formula is C10H11NOS. The summed E-state index contributed by atoms with van der Waals surface area (Å²) in [6.07, 6.45) is 2.06. The second-order valence-electron chi connectivity index (χ2n) is 3.07. The van der Waals surface area contributed by atoms with E-state index in [1.807, 2.05) is 18.2 Å². The molecule has 0 aliphatic carbocycles. The SMILES string of the molecule is CCCc1cccc2s[nH]c(=O)c12. The van der Waals surface area contributed by atoms with Gasteiger partial charge in [-0.25, -0.2) is 0 Å². The van der Waals surface area contributed by atoms with Crippen molar-refractivity contribution in [2.45, 2.75) is 19.8 Å². The average molecular weight is 193 g/mol. The Morgan fingerprint density at radius 1 is 1.46 bits per heavy atom. The zero-order chi connectivity index (χ0) is 9.26. The second kappa shape index (κ2) is 3.34. The summed E-state index contributed by atoms with van der Waals surface area (Å²) in [5.74, 6) is 0. The van der Waals surface area contributed by atoms with E-state index in [9.17, 15) is 4.79 Å². The molecule has 2 rings (SSSR count). The number of rotatable bonds is 2. The Hall–Kier alpha value is -1.09. The molecule has 0 amide bonds. The standard InChI is InChI=1S/C10H11NOS/c1-2-4-7-5-3-6-8-9(7)10(12)11-13-8/h3,5-6H,2,4H2,1H3,(H,11,12). The number of hydrogen-bond donors (Lipinski definition) is 1. The first-order valence-corrected chi connectivity index (χ1v) is 5.23. The van der Waals surface area contributed by atoms with Crippen LogP contribution in [0.1, 0.15) is 18.9 Å². The molecule has 0 saturated carbocycles. The molecule has 0 saturated heterocycles. The Bertz CT molecular complexity index is 469. The third kappa shape index (κ3) is 1.40. The molecule has 1 heterocycles. The number of aromatic amines is 1. The predicted molar refractivity (Wildman–Crippen MR) is 56.4 cm³/mol. The number of fused-ring (bicyclic) bond motifs is 1. The Morgan fingerprint density at radius 2 is 2.31 bits per heavy atom. The van der Waals surface area contributed by atoms with Gasteiger partial charge in [0.2, 0.25) is 0 Å². The van der Waals surface area contributed by atoms with Crippen molar-refractivity contribution in [1.82, 2.24) is 4.37 Å². The lowest BCUT2D eigenvalue weighted by Gasteiger charge is -1.97. The van der Waals surface area contributed by atoms with Crippen LogP contribution < -0.4 is 5.56 Å². The summed E-state index contributed by atoms with van der Waals surface area (Å²) in [6, 6.07) is 6.03. The van der Waals surface area contributed by atoms with E-state index in [1.54, 1.807) is 0 Å². The van der Waals surface area contributed by atoms with E-state index in [0.717, 1.165) is 22.9 Å². The van der Waals surface area contributed by atoms with Crippen LogP contribution in [0, 0.1) is 0 Å². The van der Waals surface area contributed by atoms with Gasteiger partial charge in [-0.1, -0.05) is 37.0 Å². The number of aryl methyl sites for hydroxylation is 1. The lowest BCUT2D eigenvalue weighted by Crippen LogP contribution is -2.00. The molecule has 0 aliphatic rings. The van der Waals surface area contributed by atoms with Crippen LogP contribution in [0.4, 0.5) is 0 Å². The lowest BCUT2D eigenvalue weighted by molar-refractivity contribution is 0.929. The number of nitrogens with one attached hydrogen (secondary N) is 1. The van der Waals surface area contributed by atoms with Gasteiger partial charge in [0.1, 0.15) is 0 Å². The number of hydrogen-bond acceptors (Lipinski definition) is 2. The molecule has 2 nitrogen and oxygen atoms in total. The van der Waals surface area contributed by atoms with Gasteiger partial charge in [-0.2, -0.15) is 0 Å². The van der Waals surface area contributed by atoms with Crippen molar-refractivity contribution >= 4 is 21.6 Å². The fourth-order valence-corrected chi connectivity index (χ4v) is 2.33. The van der Waals surface area contributed by atoms with Crippen LogP contribution in [0.2, 0.25) is 0 Å². The monoisotopic (exact) mass is 193 g/mol. The van der Waals surface area contributed by atoms with E-state index in [-0.39, 0.29) is 5.56 Å². The lowest BCUT2D eigenvalue weighted by atomic mass is 10.1. The van der Waals surface area contributed by atoms with Gasteiger partial charge in [0.05, 0.1) is 10.1 Å². The van der Waals surface area contributed by atoms with Gasteiger partial charge in [0.25, 0.3) is 5.56 Å². The molecule has 0 atom stereocenters. The Labute approximate surface area is 80.4 Å². The molecule has 0 bridgehead atoms. The Kier molecular flexibility index (Phi) is 2.19. The van der Waals surface area contributed by atoms with Crippen molar-refractivity contribution in [3.8, 4) is 0 Å². The maximum absolute atomic E-state index is 11.4. The van der Waals surface area contributed by atoms with E-state index in [2.05, 4.69) is 11.3 Å². The van der Waals surface area contributed by atoms with E-state index in [1.165, 1.54) is 17.1 Å². The molecule has 0 unspecified atom stereocenters. The van der Waals surface area contributed by atoms with Crippen molar-refractivity contribution in [3.05, 3.63) is 34.1 Å². The molecule has 13 heavy (non-hydrogen) atoms. The third-order valence-electron chi connectivity index (χ3n) is 2.11. The van der Waals surface area contributed by atoms with Gasteiger partial charge in [0.15, 0.2) is 0 Å². The zero-order valence-corrected chi connectivity index (χ0v) is 8.28. The molecule has 68 valence electrons. The molecule has 0 fully saturated rings. The number of H-pyrrole nitrogens is 1. The minimum absolute atomic E-state index is 0.0593. The van der Waals surface area contributed by atoms with Crippen molar-refractivity contribution in [3.63, 3.8) is 0 Å². The predicted octanol–water partition coefficient (Wildman–Crippen LogP) is 2.54. The first kappa shape index (κ1) is 8.51. The van der Waals surface area contributed by atoms with Gasteiger partial charge in [-0.15, -0.1) is 0 Å². The summed E-state index contributed by atoms with van der Waals surface area (Å²) in [4.78, 5) is 11.4. The van der Waals surface area contributed by atoms with Gasteiger partial charge >= 0.3 is 0 Å². The molecule has 1 aromatic carbocycles. The highest BCUT2D eigenvalue weighted by molar-refractivity contribution is 7.13. The second-order valence-corrected chi connectivity index (χ2v) is 3.92. The van der Waals surface area contributed by atoms with Crippen LogP contribution in [0.25, 0.3) is 10.1 Å². The fraction of sp³-hybridized carbons (Fsp3) is 0.300. The van der Waals surface area contributed by atoms with Gasteiger partial charge < -0.3 is 0 Å². The van der Waals surface area contributed by atoms with Crippen LogP contribution in [-0.4, -0.2) is 4.37 Å². The summed E-state index contributed by atoms with van der Waals surface area (Å²) in [5, 5.41) is 0.884. The van der Waals surface area contributed by atoms with Crippen molar-refractivity contribution in [2.24, 2.45) is 0 Å². The molecule has 2 aromatic rings. The Balaban J connectivity index is 2.73. The van der Waals surface area contributed by atoms with Gasteiger partial charge in [-0.3, -0.25) is 9.17 Å². The number of benzene rings is 1. The van der Waals surface area contributed by atoms with Gasteiger partial charge in [-0.05, 0) is 18.1 Å². The zero-order valence-electron chi connectivity index (χ0n) is 7.46. The quantitative estimate of drug-likeness (QED) is 0.781. The average Bonchev–Trinajstić information content (AvgIpc) is 2.50. The fourth-order valence-electron chi connectivity index (χ4n) is 1.55. The minimum atomic E-state index is 0.0593. The minimum Gasteiger partial charge on any atom is -0.277 e. The van der Waals surface area contributed by atoms with E-state index in [4.69, 9.17) is 0 Å². The number of aromatic nitrogens is 1. The first-order valence-electron chi connectivity index (χ1n) is 4.42. The molecule has 0 spiro atoms. The van der Waals surface area contributed by atoms with Gasteiger partial charge in [0, 0.05) is 0 Å². The van der Waals surface area contributed by atoms with Crippen LogP contribution in [-0.2, 0) is 6.42 Å². The molecule has 1 N–H and O–H groups in total. The Morgan fingerprint density at radius 3 is 3.08 bits per heavy atom. The molecule has 0 aliphatic heterocycles. The van der Waals surface area contributed by atoms with E-state index < -0.39 is 0 Å². The van der Waals surface area contributed by atoms with Crippen LogP contribution in [0.5, 0.6) is 0 Å². The molecule has 3 heteroatoms. The van der Waals surface area contributed by atoms with Crippen molar-refractivity contribution in [1.29, 1.82) is 0 Å². The molecule has 0 radical (unpaired) electrons. The summed E-state index contributed by atoms with van der Waals surface area (Å²) >= 11 is 1.42. The summed E-state index contributed by atoms with van der Waals surface area (Å²) in [7, 11) is 0. The highest BCUT2D eigenvalue weighted by Gasteiger charge is 2.05. The smallest absolute Gasteiger partial charge is 0.266 e. The summed E-state index contributed by atoms with van der Waals surface area (Å²) in [5.41, 5.74) is 1.23. The van der Waals surface area contributed by atoms with E-state index in [0.29, 0.717) is 0 Å². The largest absolute Gasteiger partial charge is 0.277 e. The first-order chi connectivity index (χ1) is 6.33. The summed E-state index contributed by atoms with van der Waals surface area (Å²) < 4.78 is 3.83. The van der Waals surface area contributed by atoms with E-state index >= 15 is 0 Å². The maximum Gasteiger partial charge on any atom is 0.266 e. The molecular weight excluding hydrogens is 182 g/mol. The maximum atomic E-state index is 11.4. The topological polar surface area (TPSA) is 32.9 Å². The van der Waals surface area contributed by atoms with Crippen LogP contribution >= 0.6 is 11.5 Å². The van der Waals surface area contributed by atoms with Crippen molar-refractivity contribution in [2.75, 3.05) is 0 Å². The normalized spacial score (nSPS) is 10.8.